The Bertz CT molecular complexity index is 1240. The normalized spacial score (nSPS) is 22.0. The number of allylic oxidation sites excluding steroid dienone is 1. The van der Waals surface area contributed by atoms with Crippen molar-refractivity contribution in [1.29, 1.82) is 0 Å². The van der Waals surface area contributed by atoms with Gasteiger partial charge in [0.05, 0.1) is 27.9 Å². The number of hydrogen-bond donors (Lipinski definition) is 1. The lowest BCUT2D eigenvalue weighted by Gasteiger charge is -2.51. The Morgan fingerprint density at radius 1 is 1.13 bits per heavy atom. The van der Waals surface area contributed by atoms with Crippen LogP contribution in [0.25, 0.3) is 0 Å². The summed E-state index contributed by atoms with van der Waals surface area (Å²) in [6.45, 7) is 5.03. The molecule has 1 aliphatic heterocycles. The van der Waals surface area contributed by atoms with Gasteiger partial charge in [-0.2, -0.15) is 0 Å². The fourth-order valence-corrected chi connectivity index (χ4v) is 6.60. The lowest BCUT2D eigenvalue weighted by molar-refractivity contribution is -0.162. The fraction of sp³-hybridized carbons (Fsp3) is 0.500. The molecule has 0 bridgehead atoms. The maximum atomic E-state index is 13.9. The third-order valence-corrected chi connectivity index (χ3v) is 8.62. The standard InChI is InChI=1S/C30H38N2O6S/c1-29(2)12-10-25-30(19-29,28(35)38-5)17-21(16-26(33)31-18-22-7-6-14-39-22)27(34)32(25)13-11-20-8-9-23(36-3)24(15-20)37-4/h6-10,14-15,21H,11-13,16-19H2,1-5H3,(H,31,33)/t21-,30-/m1/s1. The topological polar surface area (TPSA) is 94.2 Å². The van der Waals surface area contributed by atoms with Crippen LogP contribution in [0.15, 0.2) is 47.5 Å². The second-order valence-electron chi connectivity index (χ2n) is 11.1. The van der Waals surface area contributed by atoms with Crippen LogP contribution in [0.4, 0.5) is 0 Å². The summed E-state index contributed by atoms with van der Waals surface area (Å²) in [5.74, 6) is -0.0805. The Hall–Kier alpha value is -3.33. The van der Waals surface area contributed by atoms with E-state index < -0.39 is 11.3 Å². The molecule has 1 aromatic carbocycles. The summed E-state index contributed by atoms with van der Waals surface area (Å²) in [4.78, 5) is 43.1. The Balaban J connectivity index is 1.62. The smallest absolute Gasteiger partial charge is 0.317 e. The van der Waals surface area contributed by atoms with Crippen LogP contribution in [0.5, 0.6) is 11.5 Å². The van der Waals surface area contributed by atoms with Gasteiger partial charge in [0.1, 0.15) is 5.41 Å². The number of likely N-dealkylation sites (tertiary alicyclic amines) is 1. The second-order valence-corrected chi connectivity index (χ2v) is 12.1. The number of fused-ring (bicyclic) bond motifs is 1. The van der Waals surface area contributed by atoms with Gasteiger partial charge in [0, 0.05) is 29.5 Å². The van der Waals surface area contributed by atoms with Crippen LogP contribution in [0.1, 0.15) is 50.0 Å². The van der Waals surface area contributed by atoms with E-state index in [1.807, 2.05) is 41.8 Å². The minimum Gasteiger partial charge on any atom is -0.493 e. The summed E-state index contributed by atoms with van der Waals surface area (Å²) >= 11 is 1.57. The molecule has 1 saturated heterocycles. The minimum atomic E-state index is -0.985. The number of methoxy groups -OCH3 is 3. The van der Waals surface area contributed by atoms with Gasteiger partial charge >= 0.3 is 5.97 Å². The highest BCUT2D eigenvalue weighted by molar-refractivity contribution is 7.09. The third-order valence-electron chi connectivity index (χ3n) is 7.74. The molecule has 2 atom stereocenters. The molecule has 39 heavy (non-hydrogen) atoms. The number of carbonyl (C=O) groups is 3. The number of carbonyl (C=O) groups excluding carboxylic acids is 3. The number of nitrogens with one attached hydrogen (secondary N) is 1. The molecule has 0 radical (unpaired) electrons. The maximum Gasteiger partial charge on any atom is 0.317 e. The van der Waals surface area contributed by atoms with Crippen molar-refractivity contribution < 1.29 is 28.6 Å². The summed E-state index contributed by atoms with van der Waals surface area (Å²) in [5, 5.41) is 4.90. The molecule has 210 valence electrons. The first kappa shape index (κ1) is 28.7. The molecule has 0 spiro atoms. The van der Waals surface area contributed by atoms with E-state index in [1.54, 1.807) is 30.5 Å². The molecule has 2 heterocycles. The summed E-state index contributed by atoms with van der Waals surface area (Å²) in [6, 6.07) is 9.58. The predicted octanol–water partition coefficient (Wildman–Crippen LogP) is 4.73. The van der Waals surface area contributed by atoms with Crippen molar-refractivity contribution in [2.45, 2.75) is 52.5 Å². The SMILES string of the molecule is COC(=O)[C@@]12C[C@@H](CC(=O)NCc3cccs3)C(=O)N(CCc3ccc(OC)c(OC)c3)C1=CCC(C)(C)C2. The van der Waals surface area contributed by atoms with Crippen molar-refractivity contribution in [3.05, 3.63) is 57.9 Å². The summed E-state index contributed by atoms with van der Waals surface area (Å²) < 4.78 is 16.1. The zero-order valence-corrected chi connectivity index (χ0v) is 24.2. The van der Waals surface area contributed by atoms with Crippen LogP contribution in [0, 0.1) is 16.7 Å². The molecule has 1 fully saturated rings. The fourth-order valence-electron chi connectivity index (χ4n) is 5.96. The van der Waals surface area contributed by atoms with Gasteiger partial charge in [-0.25, -0.2) is 0 Å². The molecule has 0 unspecified atom stereocenters. The maximum absolute atomic E-state index is 13.9. The molecule has 2 amide bonds. The lowest BCUT2D eigenvalue weighted by atomic mass is 9.59. The molecular weight excluding hydrogens is 516 g/mol. The van der Waals surface area contributed by atoms with Gasteiger partial charge in [-0.1, -0.05) is 32.1 Å². The molecule has 0 saturated carbocycles. The van der Waals surface area contributed by atoms with Crippen molar-refractivity contribution in [3.63, 3.8) is 0 Å². The van der Waals surface area contributed by atoms with E-state index >= 15 is 0 Å². The lowest BCUT2D eigenvalue weighted by Crippen LogP contribution is -2.56. The number of esters is 1. The Labute approximate surface area is 234 Å². The molecule has 1 aliphatic carbocycles. The van der Waals surface area contributed by atoms with Gasteiger partial charge in [0.25, 0.3) is 0 Å². The number of thiophene rings is 1. The van der Waals surface area contributed by atoms with Crippen molar-refractivity contribution in [1.82, 2.24) is 10.2 Å². The highest BCUT2D eigenvalue weighted by Gasteiger charge is 2.57. The number of benzene rings is 1. The highest BCUT2D eigenvalue weighted by Crippen LogP contribution is 2.54. The van der Waals surface area contributed by atoms with Gasteiger partial charge in [-0.15, -0.1) is 11.3 Å². The van der Waals surface area contributed by atoms with E-state index in [-0.39, 0.29) is 36.0 Å². The second kappa shape index (κ2) is 11.8. The van der Waals surface area contributed by atoms with E-state index in [0.29, 0.717) is 43.1 Å². The van der Waals surface area contributed by atoms with Gasteiger partial charge in [-0.05, 0) is 60.2 Å². The molecule has 8 nitrogen and oxygen atoms in total. The van der Waals surface area contributed by atoms with Crippen molar-refractivity contribution in [2.75, 3.05) is 27.9 Å². The van der Waals surface area contributed by atoms with Gasteiger partial charge in [-0.3, -0.25) is 14.4 Å². The molecule has 1 N–H and O–H groups in total. The molecule has 2 aromatic rings. The molecular formula is C30H38N2O6S. The van der Waals surface area contributed by atoms with E-state index in [0.717, 1.165) is 16.9 Å². The monoisotopic (exact) mass is 554 g/mol. The van der Waals surface area contributed by atoms with Gasteiger partial charge in [0.2, 0.25) is 11.8 Å². The first-order valence-electron chi connectivity index (χ1n) is 13.2. The summed E-state index contributed by atoms with van der Waals surface area (Å²) in [6.07, 6.45) is 4.14. The van der Waals surface area contributed by atoms with Crippen molar-refractivity contribution in [3.8, 4) is 11.5 Å². The number of nitrogens with zero attached hydrogens (tertiary/aromatic N) is 1. The molecule has 9 heteroatoms. The Kier molecular flexibility index (Phi) is 8.69. The van der Waals surface area contributed by atoms with Crippen LogP contribution in [0.3, 0.4) is 0 Å². The average Bonchev–Trinajstić information content (AvgIpc) is 3.44. The largest absolute Gasteiger partial charge is 0.493 e. The van der Waals surface area contributed by atoms with Gasteiger partial charge in [0.15, 0.2) is 11.5 Å². The molecule has 2 aliphatic rings. The zero-order chi connectivity index (χ0) is 28.2. The average molecular weight is 555 g/mol. The van der Waals surface area contributed by atoms with Crippen molar-refractivity contribution in [2.24, 2.45) is 16.7 Å². The number of ether oxygens (including phenoxy) is 3. The predicted molar refractivity (Wildman–Crippen MR) is 149 cm³/mol. The quantitative estimate of drug-likeness (QED) is 0.427. The zero-order valence-electron chi connectivity index (χ0n) is 23.4. The molecule has 4 rings (SSSR count). The number of hydrogen-bond acceptors (Lipinski definition) is 7. The van der Waals surface area contributed by atoms with Crippen LogP contribution >= 0.6 is 11.3 Å². The number of rotatable bonds is 10. The highest BCUT2D eigenvalue weighted by atomic mass is 32.1. The van der Waals surface area contributed by atoms with Crippen LogP contribution in [0.2, 0.25) is 0 Å². The van der Waals surface area contributed by atoms with E-state index in [2.05, 4.69) is 19.2 Å². The van der Waals surface area contributed by atoms with E-state index in [4.69, 9.17) is 14.2 Å². The van der Waals surface area contributed by atoms with E-state index in [1.165, 1.54) is 7.11 Å². The van der Waals surface area contributed by atoms with Crippen molar-refractivity contribution >= 4 is 29.1 Å². The Morgan fingerprint density at radius 3 is 2.56 bits per heavy atom. The minimum absolute atomic E-state index is 0.0174. The van der Waals surface area contributed by atoms with E-state index in [9.17, 15) is 14.4 Å². The van der Waals surface area contributed by atoms with Crippen LogP contribution < -0.4 is 14.8 Å². The van der Waals surface area contributed by atoms with Crippen LogP contribution in [-0.4, -0.2) is 50.6 Å². The Morgan fingerprint density at radius 2 is 1.90 bits per heavy atom. The van der Waals surface area contributed by atoms with Crippen LogP contribution in [-0.2, 0) is 32.1 Å². The first-order chi connectivity index (χ1) is 18.6. The summed E-state index contributed by atoms with van der Waals surface area (Å²) in [5.41, 5.74) is 0.533. The molecule has 1 aromatic heterocycles. The van der Waals surface area contributed by atoms with Gasteiger partial charge < -0.3 is 24.4 Å². The summed E-state index contributed by atoms with van der Waals surface area (Å²) in [7, 11) is 4.57. The third kappa shape index (κ3) is 6.13. The first-order valence-corrected chi connectivity index (χ1v) is 14.1. The number of piperidine rings is 1. The number of amides is 2.